The van der Waals surface area contributed by atoms with Crippen LogP contribution in [0.15, 0.2) is 24.3 Å². The first kappa shape index (κ1) is 20.1. The van der Waals surface area contributed by atoms with Crippen LogP contribution in [0.3, 0.4) is 0 Å². The summed E-state index contributed by atoms with van der Waals surface area (Å²) in [6, 6.07) is 5.49. The van der Waals surface area contributed by atoms with Gasteiger partial charge in [-0.3, -0.25) is 14.4 Å². The summed E-state index contributed by atoms with van der Waals surface area (Å²) in [6.45, 7) is 2.86. The maximum absolute atomic E-state index is 13.0. The van der Waals surface area contributed by atoms with E-state index in [4.69, 9.17) is 11.0 Å². The summed E-state index contributed by atoms with van der Waals surface area (Å²) in [5.74, 6) is -2.69. The van der Waals surface area contributed by atoms with Gasteiger partial charge in [-0.25, -0.2) is 4.39 Å². The molecule has 4 N–H and O–H groups in total. The first-order chi connectivity index (χ1) is 11.7. The standard InChI is InChI=1S/C17H21FN4O3/c1-10(9-19)7-14(16(20)24)22-17(25)15(21-11(2)23)8-12-3-5-13(18)6-4-12/h3-6,10,14-15H,7-8H2,1-2H3,(H2,20,24)(H,21,23)(H,22,25)/t10-,14+,15-/m0/s1. The Morgan fingerprint density at radius 2 is 1.80 bits per heavy atom. The normalized spacial score (nSPS) is 13.8. The summed E-state index contributed by atoms with van der Waals surface area (Å²) in [7, 11) is 0. The fourth-order valence-corrected chi connectivity index (χ4v) is 2.24. The minimum absolute atomic E-state index is 0.0704. The summed E-state index contributed by atoms with van der Waals surface area (Å²) < 4.78 is 13.0. The van der Waals surface area contributed by atoms with Crippen LogP contribution in [0, 0.1) is 23.1 Å². The number of rotatable bonds is 8. The van der Waals surface area contributed by atoms with Crippen molar-refractivity contribution in [2.45, 2.75) is 38.8 Å². The number of nitrogens with zero attached hydrogens (tertiary/aromatic N) is 1. The van der Waals surface area contributed by atoms with E-state index in [-0.39, 0.29) is 12.8 Å². The van der Waals surface area contributed by atoms with Crippen molar-refractivity contribution in [3.05, 3.63) is 35.6 Å². The zero-order valence-corrected chi connectivity index (χ0v) is 14.1. The molecule has 8 heteroatoms. The lowest BCUT2D eigenvalue weighted by Crippen LogP contribution is -2.53. The molecule has 0 aliphatic carbocycles. The van der Waals surface area contributed by atoms with E-state index in [1.165, 1.54) is 31.2 Å². The fraction of sp³-hybridized carbons (Fsp3) is 0.412. The van der Waals surface area contributed by atoms with Gasteiger partial charge in [0.1, 0.15) is 17.9 Å². The molecule has 3 amide bonds. The molecule has 0 aliphatic heterocycles. The summed E-state index contributed by atoms with van der Waals surface area (Å²) in [6.07, 6.45) is 0.186. The van der Waals surface area contributed by atoms with Crippen LogP contribution in [-0.2, 0) is 20.8 Å². The highest BCUT2D eigenvalue weighted by atomic mass is 19.1. The zero-order chi connectivity index (χ0) is 19.0. The minimum Gasteiger partial charge on any atom is -0.368 e. The van der Waals surface area contributed by atoms with E-state index in [0.717, 1.165) is 0 Å². The van der Waals surface area contributed by atoms with E-state index in [2.05, 4.69) is 10.6 Å². The summed E-state index contributed by atoms with van der Waals surface area (Å²) >= 11 is 0. The number of halogens is 1. The van der Waals surface area contributed by atoms with E-state index in [1.807, 2.05) is 6.07 Å². The molecule has 1 aromatic rings. The van der Waals surface area contributed by atoms with Crippen molar-refractivity contribution in [2.75, 3.05) is 0 Å². The number of nitrogens with two attached hydrogens (primary N) is 1. The van der Waals surface area contributed by atoms with E-state index in [0.29, 0.717) is 5.56 Å². The Bertz CT molecular complexity index is 669. The van der Waals surface area contributed by atoms with Crippen LogP contribution in [0.1, 0.15) is 25.8 Å². The molecule has 0 aliphatic rings. The van der Waals surface area contributed by atoms with Crippen molar-refractivity contribution in [3.63, 3.8) is 0 Å². The molecule has 0 saturated heterocycles. The Hall–Kier alpha value is -2.95. The lowest BCUT2D eigenvalue weighted by atomic mass is 10.0. The largest absolute Gasteiger partial charge is 0.368 e. The van der Waals surface area contributed by atoms with Crippen LogP contribution in [0.4, 0.5) is 4.39 Å². The van der Waals surface area contributed by atoms with Crippen LogP contribution in [0.2, 0.25) is 0 Å². The van der Waals surface area contributed by atoms with Gasteiger partial charge in [0.25, 0.3) is 0 Å². The average Bonchev–Trinajstić information content (AvgIpc) is 2.54. The Balaban J connectivity index is 2.87. The maximum Gasteiger partial charge on any atom is 0.243 e. The third kappa shape index (κ3) is 6.99. The van der Waals surface area contributed by atoms with Crippen LogP contribution >= 0.6 is 0 Å². The Labute approximate surface area is 145 Å². The molecule has 0 aromatic heterocycles. The number of nitriles is 1. The molecule has 7 nitrogen and oxygen atoms in total. The zero-order valence-electron chi connectivity index (χ0n) is 14.1. The molecule has 3 atom stereocenters. The third-order valence-corrected chi connectivity index (χ3v) is 3.52. The summed E-state index contributed by atoms with van der Waals surface area (Å²) in [5.41, 5.74) is 5.90. The SMILES string of the molecule is CC(=O)N[C@@H](Cc1ccc(F)cc1)C(=O)N[C@H](C[C@H](C)C#N)C(N)=O. The van der Waals surface area contributed by atoms with E-state index < -0.39 is 41.5 Å². The van der Waals surface area contributed by atoms with Gasteiger partial charge in [-0.05, 0) is 31.0 Å². The number of primary amides is 1. The second-order valence-electron chi connectivity index (χ2n) is 5.81. The lowest BCUT2D eigenvalue weighted by molar-refractivity contribution is -0.131. The number of hydrogen-bond donors (Lipinski definition) is 3. The molecule has 0 heterocycles. The van der Waals surface area contributed by atoms with Crippen molar-refractivity contribution in [3.8, 4) is 6.07 Å². The van der Waals surface area contributed by atoms with Gasteiger partial charge in [-0.2, -0.15) is 5.26 Å². The monoisotopic (exact) mass is 348 g/mol. The average molecular weight is 348 g/mol. The molecule has 0 unspecified atom stereocenters. The van der Waals surface area contributed by atoms with Gasteiger partial charge in [-0.1, -0.05) is 12.1 Å². The lowest BCUT2D eigenvalue weighted by Gasteiger charge is -2.22. The second kappa shape index (κ2) is 9.37. The Kier molecular flexibility index (Phi) is 7.53. The van der Waals surface area contributed by atoms with Crippen molar-refractivity contribution >= 4 is 17.7 Å². The molecule has 0 radical (unpaired) electrons. The third-order valence-electron chi connectivity index (χ3n) is 3.52. The quantitative estimate of drug-likeness (QED) is 0.628. The van der Waals surface area contributed by atoms with E-state index in [9.17, 15) is 18.8 Å². The highest BCUT2D eigenvalue weighted by Gasteiger charge is 2.26. The first-order valence-electron chi connectivity index (χ1n) is 7.73. The number of carbonyl (C=O) groups excluding carboxylic acids is 3. The molecular weight excluding hydrogens is 327 g/mol. The molecule has 0 bridgehead atoms. The topological polar surface area (TPSA) is 125 Å². The van der Waals surface area contributed by atoms with Gasteiger partial charge >= 0.3 is 0 Å². The fourth-order valence-electron chi connectivity index (χ4n) is 2.24. The summed E-state index contributed by atoms with van der Waals surface area (Å²) in [5, 5.41) is 13.8. The summed E-state index contributed by atoms with van der Waals surface area (Å²) in [4.78, 5) is 35.3. The predicted molar refractivity (Wildman–Crippen MR) is 88.2 cm³/mol. The van der Waals surface area contributed by atoms with Crippen molar-refractivity contribution in [1.82, 2.24) is 10.6 Å². The second-order valence-corrected chi connectivity index (χ2v) is 5.81. The number of benzene rings is 1. The molecule has 0 spiro atoms. The number of hydrogen-bond acceptors (Lipinski definition) is 4. The van der Waals surface area contributed by atoms with Crippen LogP contribution in [0.5, 0.6) is 0 Å². The van der Waals surface area contributed by atoms with Gasteiger partial charge in [0.05, 0.1) is 6.07 Å². The van der Waals surface area contributed by atoms with Gasteiger partial charge in [0.15, 0.2) is 0 Å². The van der Waals surface area contributed by atoms with Gasteiger partial charge in [0, 0.05) is 19.3 Å². The maximum atomic E-state index is 13.0. The Morgan fingerprint density at radius 1 is 1.20 bits per heavy atom. The first-order valence-corrected chi connectivity index (χ1v) is 7.73. The molecule has 134 valence electrons. The number of amides is 3. The van der Waals surface area contributed by atoms with Gasteiger partial charge in [0.2, 0.25) is 17.7 Å². The smallest absolute Gasteiger partial charge is 0.243 e. The number of nitrogens with one attached hydrogen (secondary N) is 2. The van der Waals surface area contributed by atoms with E-state index in [1.54, 1.807) is 6.92 Å². The molecule has 1 rings (SSSR count). The van der Waals surface area contributed by atoms with Crippen molar-refractivity contribution in [2.24, 2.45) is 11.7 Å². The van der Waals surface area contributed by atoms with E-state index >= 15 is 0 Å². The molecule has 0 saturated carbocycles. The highest BCUT2D eigenvalue weighted by Crippen LogP contribution is 2.08. The highest BCUT2D eigenvalue weighted by molar-refractivity contribution is 5.91. The van der Waals surface area contributed by atoms with Crippen molar-refractivity contribution in [1.29, 1.82) is 5.26 Å². The number of carbonyl (C=O) groups is 3. The van der Waals surface area contributed by atoms with Crippen molar-refractivity contribution < 1.29 is 18.8 Å². The van der Waals surface area contributed by atoms with Crippen LogP contribution < -0.4 is 16.4 Å². The Morgan fingerprint density at radius 3 is 2.28 bits per heavy atom. The molecule has 25 heavy (non-hydrogen) atoms. The molecule has 1 aromatic carbocycles. The predicted octanol–water partition coefficient (Wildman–Crippen LogP) is 0.393. The minimum atomic E-state index is -1.02. The van der Waals surface area contributed by atoms with Gasteiger partial charge in [-0.15, -0.1) is 0 Å². The molecular formula is C17H21FN4O3. The molecule has 0 fully saturated rings. The van der Waals surface area contributed by atoms with Gasteiger partial charge < -0.3 is 16.4 Å². The van der Waals surface area contributed by atoms with Crippen LogP contribution in [-0.4, -0.2) is 29.8 Å². The van der Waals surface area contributed by atoms with Crippen LogP contribution in [0.25, 0.3) is 0 Å².